The fourth-order valence-corrected chi connectivity index (χ4v) is 3.19. The van der Waals surface area contributed by atoms with Crippen LogP contribution in [0.3, 0.4) is 0 Å². The van der Waals surface area contributed by atoms with E-state index in [0.29, 0.717) is 12.3 Å². The lowest BCUT2D eigenvalue weighted by molar-refractivity contribution is -0.117. The molecule has 0 aliphatic carbocycles. The number of aryl methyl sites for hydroxylation is 2. The standard InChI is InChI=1S/C14H19BrN2O/c1-9-5-10(2)14(12(15)6-9)17-13(18)7-11-3-4-16-8-11/h5-6,11,16H,3-4,7-8H2,1-2H3,(H,17,18). The van der Waals surface area contributed by atoms with Crippen LogP contribution in [0, 0.1) is 19.8 Å². The Morgan fingerprint density at radius 3 is 2.89 bits per heavy atom. The van der Waals surface area contributed by atoms with Crippen LogP contribution < -0.4 is 10.6 Å². The van der Waals surface area contributed by atoms with Crippen LogP contribution in [0.15, 0.2) is 16.6 Å². The third-order valence-corrected chi connectivity index (χ3v) is 3.96. The van der Waals surface area contributed by atoms with E-state index < -0.39 is 0 Å². The number of carbonyl (C=O) groups excluding carboxylic acids is 1. The number of halogens is 1. The Morgan fingerprint density at radius 2 is 2.28 bits per heavy atom. The molecule has 1 aliphatic rings. The molecule has 1 atom stereocenters. The molecule has 2 N–H and O–H groups in total. The van der Waals surface area contributed by atoms with Gasteiger partial charge < -0.3 is 10.6 Å². The van der Waals surface area contributed by atoms with Gasteiger partial charge in [-0.1, -0.05) is 6.07 Å². The topological polar surface area (TPSA) is 41.1 Å². The van der Waals surface area contributed by atoms with Crippen molar-refractivity contribution < 1.29 is 4.79 Å². The molecule has 1 aromatic carbocycles. The number of carbonyl (C=O) groups is 1. The van der Waals surface area contributed by atoms with Crippen LogP contribution >= 0.6 is 15.9 Å². The van der Waals surface area contributed by atoms with Crippen LogP contribution in [0.4, 0.5) is 5.69 Å². The van der Waals surface area contributed by atoms with Crippen molar-refractivity contribution in [1.29, 1.82) is 0 Å². The van der Waals surface area contributed by atoms with Gasteiger partial charge in [-0.2, -0.15) is 0 Å². The molecule has 0 saturated carbocycles. The molecule has 0 aromatic heterocycles. The molecule has 2 rings (SSSR count). The molecular formula is C14H19BrN2O. The van der Waals surface area contributed by atoms with E-state index in [2.05, 4.69) is 32.6 Å². The van der Waals surface area contributed by atoms with Crippen LogP contribution in [-0.4, -0.2) is 19.0 Å². The SMILES string of the molecule is Cc1cc(C)c(NC(=O)CC2CCNC2)c(Br)c1. The first kappa shape index (κ1) is 13.6. The highest BCUT2D eigenvalue weighted by atomic mass is 79.9. The van der Waals surface area contributed by atoms with Crippen molar-refractivity contribution >= 4 is 27.5 Å². The van der Waals surface area contributed by atoms with Gasteiger partial charge in [0.15, 0.2) is 0 Å². The van der Waals surface area contributed by atoms with E-state index in [9.17, 15) is 4.79 Å². The van der Waals surface area contributed by atoms with Gasteiger partial charge in [-0.25, -0.2) is 0 Å². The zero-order chi connectivity index (χ0) is 13.1. The highest BCUT2D eigenvalue weighted by Gasteiger charge is 2.18. The number of hydrogen-bond donors (Lipinski definition) is 2. The molecule has 1 unspecified atom stereocenters. The minimum Gasteiger partial charge on any atom is -0.325 e. The van der Waals surface area contributed by atoms with Crippen LogP contribution in [0.5, 0.6) is 0 Å². The lowest BCUT2D eigenvalue weighted by Gasteiger charge is -2.13. The molecule has 98 valence electrons. The van der Waals surface area contributed by atoms with Gasteiger partial charge in [0, 0.05) is 10.9 Å². The van der Waals surface area contributed by atoms with Gasteiger partial charge in [0.2, 0.25) is 5.91 Å². The number of benzene rings is 1. The molecule has 0 radical (unpaired) electrons. The van der Waals surface area contributed by atoms with E-state index in [1.165, 1.54) is 5.56 Å². The average molecular weight is 311 g/mol. The van der Waals surface area contributed by atoms with E-state index in [1.54, 1.807) is 0 Å². The number of hydrogen-bond acceptors (Lipinski definition) is 2. The van der Waals surface area contributed by atoms with Gasteiger partial charge >= 0.3 is 0 Å². The summed E-state index contributed by atoms with van der Waals surface area (Å²) in [6, 6.07) is 4.11. The average Bonchev–Trinajstić information content (AvgIpc) is 2.76. The summed E-state index contributed by atoms with van der Waals surface area (Å²) in [7, 11) is 0. The molecule has 0 bridgehead atoms. The lowest BCUT2D eigenvalue weighted by Crippen LogP contribution is -2.19. The van der Waals surface area contributed by atoms with Crippen molar-refractivity contribution in [2.75, 3.05) is 18.4 Å². The van der Waals surface area contributed by atoms with E-state index in [-0.39, 0.29) is 5.91 Å². The first-order valence-electron chi connectivity index (χ1n) is 6.33. The number of rotatable bonds is 3. The Kier molecular flexibility index (Phi) is 4.40. The van der Waals surface area contributed by atoms with Crippen molar-refractivity contribution in [3.05, 3.63) is 27.7 Å². The van der Waals surface area contributed by atoms with Crippen molar-refractivity contribution in [3.8, 4) is 0 Å². The summed E-state index contributed by atoms with van der Waals surface area (Å²) in [6.07, 6.45) is 1.70. The maximum atomic E-state index is 12.0. The molecule has 1 fully saturated rings. The maximum absolute atomic E-state index is 12.0. The zero-order valence-corrected chi connectivity index (χ0v) is 12.4. The molecule has 0 spiro atoms. The highest BCUT2D eigenvalue weighted by molar-refractivity contribution is 9.10. The van der Waals surface area contributed by atoms with Crippen LogP contribution in [0.25, 0.3) is 0 Å². The molecule has 1 aromatic rings. The summed E-state index contributed by atoms with van der Waals surface area (Å²) < 4.78 is 0.956. The largest absolute Gasteiger partial charge is 0.325 e. The van der Waals surface area contributed by atoms with Crippen molar-refractivity contribution in [2.45, 2.75) is 26.7 Å². The fraction of sp³-hybridized carbons (Fsp3) is 0.500. The van der Waals surface area contributed by atoms with Gasteiger partial charge in [-0.15, -0.1) is 0 Å². The van der Waals surface area contributed by atoms with Gasteiger partial charge in [0.25, 0.3) is 0 Å². The molecule has 1 amide bonds. The second kappa shape index (κ2) is 5.85. The van der Waals surface area contributed by atoms with Gasteiger partial charge in [0.05, 0.1) is 5.69 Å². The zero-order valence-electron chi connectivity index (χ0n) is 10.8. The summed E-state index contributed by atoms with van der Waals surface area (Å²) in [5.74, 6) is 0.589. The van der Waals surface area contributed by atoms with E-state index >= 15 is 0 Å². The summed E-state index contributed by atoms with van der Waals surface area (Å²) in [6.45, 7) is 6.06. The monoisotopic (exact) mass is 310 g/mol. The van der Waals surface area contributed by atoms with Crippen LogP contribution in [-0.2, 0) is 4.79 Å². The minimum atomic E-state index is 0.108. The van der Waals surface area contributed by atoms with Crippen LogP contribution in [0.1, 0.15) is 24.0 Å². The van der Waals surface area contributed by atoms with Gasteiger partial charge in [-0.3, -0.25) is 4.79 Å². The molecule has 1 saturated heterocycles. The third-order valence-electron chi connectivity index (χ3n) is 3.33. The molecule has 1 aliphatic heterocycles. The minimum absolute atomic E-state index is 0.108. The Labute approximate surface area is 116 Å². The van der Waals surface area contributed by atoms with E-state index in [0.717, 1.165) is 35.2 Å². The Bertz CT molecular complexity index is 430. The van der Waals surface area contributed by atoms with E-state index in [1.807, 2.05) is 19.9 Å². The van der Waals surface area contributed by atoms with Crippen molar-refractivity contribution in [3.63, 3.8) is 0 Å². The second-order valence-electron chi connectivity index (χ2n) is 5.05. The lowest BCUT2D eigenvalue weighted by atomic mass is 10.0. The normalized spacial score (nSPS) is 18.9. The summed E-state index contributed by atoms with van der Waals surface area (Å²) in [4.78, 5) is 12.0. The summed E-state index contributed by atoms with van der Waals surface area (Å²) >= 11 is 3.51. The van der Waals surface area contributed by atoms with E-state index in [4.69, 9.17) is 0 Å². The van der Waals surface area contributed by atoms with Crippen LogP contribution in [0.2, 0.25) is 0 Å². The molecule has 3 nitrogen and oxygen atoms in total. The van der Waals surface area contributed by atoms with Gasteiger partial charge in [-0.05, 0) is 72.4 Å². The number of nitrogens with one attached hydrogen (secondary N) is 2. The predicted molar refractivity (Wildman–Crippen MR) is 77.8 cm³/mol. The number of anilines is 1. The van der Waals surface area contributed by atoms with Gasteiger partial charge in [0.1, 0.15) is 0 Å². The van der Waals surface area contributed by atoms with Crippen molar-refractivity contribution in [2.24, 2.45) is 5.92 Å². The molecule has 18 heavy (non-hydrogen) atoms. The summed E-state index contributed by atoms with van der Waals surface area (Å²) in [5, 5.41) is 6.30. The first-order valence-corrected chi connectivity index (χ1v) is 7.13. The Morgan fingerprint density at radius 1 is 1.50 bits per heavy atom. The second-order valence-corrected chi connectivity index (χ2v) is 5.90. The molecule has 1 heterocycles. The van der Waals surface area contributed by atoms with Crippen molar-refractivity contribution in [1.82, 2.24) is 5.32 Å². The highest BCUT2D eigenvalue weighted by Crippen LogP contribution is 2.28. The first-order chi connectivity index (χ1) is 8.56. The quantitative estimate of drug-likeness (QED) is 0.901. The Hall–Kier alpha value is -0.870. The smallest absolute Gasteiger partial charge is 0.224 e. The predicted octanol–water partition coefficient (Wildman–Crippen LogP) is 3.00. The third kappa shape index (κ3) is 3.33. The number of amides is 1. The molecule has 4 heteroatoms. The fourth-order valence-electron chi connectivity index (χ4n) is 2.42. The Balaban J connectivity index is 2.02. The molecular weight excluding hydrogens is 292 g/mol. The summed E-state index contributed by atoms with van der Waals surface area (Å²) in [5.41, 5.74) is 3.19. The maximum Gasteiger partial charge on any atom is 0.224 e.